The standard InChI is InChI=1S/C14H13Cl2NO3S/c1-20-6-2-5-17-13(18)12(21-14(17)19)7-9-3-4-10(15)8-11(9)16/h3-4,7-8H,2,5-6H2,1H3/b12-7+. The van der Waals surface area contributed by atoms with Crippen molar-refractivity contribution in [3.63, 3.8) is 0 Å². The Morgan fingerprint density at radius 2 is 2.10 bits per heavy atom. The molecule has 0 aromatic heterocycles. The molecule has 1 aliphatic rings. The Hall–Kier alpha value is -1.01. The van der Waals surface area contributed by atoms with Crippen molar-refractivity contribution >= 4 is 52.2 Å². The molecule has 1 heterocycles. The van der Waals surface area contributed by atoms with E-state index in [1.807, 2.05) is 0 Å². The summed E-state index contributed by atoms with van der Waals surface area (Å²) in [6, 6.07) is 4.99. The highest BCUT2D eigenvalue weighted by Crippen LogP contribution is 2.34. The highest BCUT2D eigenvalue weighted by Gasteiger charge is 2.34. The Morgan fingerprint density at radius 1 is 1.33 bits per heavy atom. The van der Waals surface area contributed by atoms with Gasteiger partial charge in [-0.15, -0.1) is 0 Å². The number of methoxy groups -OCH3 is 1. The summed E-state index contributed by atoms with van der Waals surface area (Å²) >= 11 is 12.8. The maximum absolute atomic E-state index is 12.2. The van der Waals surface area contributed by atoms with Crippen LogP contribution in [0.4, 0.5) is 4.79 Å². The van der Waals surface area contributed by atoms with Crippen molar-refractivity contribution in [3.8, 4) is 0 Å². The number of carbonyl (C=O) groups excluding carboxylic acids is 2. The third kappa shape index (κ3) is 4.01. The van der Waals surface area contributed by atoms with Crippen LogP contribution in [0.1, 0.15) is 12.0 Å². The lowest BCUT2D eigenvalue weighted by Gasteiger charge is -2.11. The Bertz CT molecular complexity index is 604. The van der Waals surface area contributed by atoms with Crippen molar-refractivity contribution in [3.05, 3.63) is 38.7 Å². The summed E-state index contributed by atoms with van der Waals surface area (Å²) in [6.45, 7) is 0.855. The van der Waals surface area contributed by atoms with Crippen LogP contribution in [0, 0.1) is 0 Å². The first-order chi connectivity index (χ1) is 10.0. The maximum atomic E-state index is 12.2. The molecule has 0 bridgehead atoms. The van der Waals surface area contributed by atoms with Gasteiger partial charge < -0.3 is 4.74 Å². The number of hydrogen-bond acceptors (Lipinski definition) is 4. The van der Waals surface area contributed by atoms with Crippen molar-refractivity contribution in [1.82, 2.24) is 4.90 Å². The lowest BCUT2D eigenvalue weighted by molar-refractivity contribution is -0.122. The Kier molecular flexibility index (Phi) is 5.70. The lowest BCUT2D eigenvalue weighted by atomic mass is 10.2. The third-order valence-electron chi connectivity index (χ3n) is 2.85. The van der Waals surface area contributed by atoms with Gasteiger partial charge in [-0.1, -0.05) is 29.3 Å². The number of nitrogens with zero attached hydrogens (tertiary/aromatic N) is 1. The lowest BCUT2D eigenvalue weighted by Crippen LogP contribution is -2.29. The minimum Gasteiger partial charge on any atom is -0.385 e. The molecule has 4 nitrogen and oxygen atoms in total. The van der Waals surface area contributed by atoms with Gasteiger partial charge in [0.1, 0.15) is 0 Å². The fourth-order valence-corrected chi connectivity index (χ4v) is 3.14. The predicted octanol–water partition coefficient (Wildman–Crippen LogP) is 4.07. The van der Waals surface area contributed by atoms with Gasteiger partial charge in [0.2, 0.25) is 0 Å². The molecule has 0 N–H and O–H groups in total. The van der Waals surface area contributed by atoms with Gasteiger partial charge in [-0.3, -0.25) is 14.5 Å². The quantitative estimate of drug-likeness (QED) is 0.596. The number of amides is 2. The van der Waals surface area contributed by atoms with Crippen LogP contribution in [-0.4, -0.2) is 36.3 Å². The van der Waals surface area contributed by atoms with Gasteiger partial charge >= 0.3 is 0 Å². The van der Waals surface area contributed by atoms with E-state index in [0.717, 1.165) is 11.8 Å². The highest BCUT2D eigenvalue weighted by atomic mass is 35.5. The molecule has 7 heteroatoms. The summed E-state index contributed by atoms with van der Waals surface area (Å²) < 4.78 is 4.92. The zero-order valence-electron chi connectivity index (χ0n) is 11.3. The largest absolute Gasteiger partial charge is 0.385 e. The Labute approximate surface area is 137 Å². The second kappa shape index (κ2) is 7.31. The number of hydrogen-bond donors (Lipinski definition) is 0. The van der Waals surface area contributed by atoms with E-state index in [1.54, 1.807) is 31.4 Å². The van der Waals surface area contributed by atoms with E-state index in [9.17, 15) is 9.59 Å². The molecule has 1 fully saturated rings. The van der Waals surface area contributed by atoms with E-state index < -0.39 is 0 Å². The molecule has 0 unspecified atom stereocenters. The van der Waals surface area contributed by atoms with Crippen molar-refractivity contribution < 1.29 is 14.3 Å². The minimum absolute atomic E-state index is 0.271. The average Bonchev–Trinajstić information content (AvgIpc) is 2.69. The van der Waals surface area contributed by atoms with E-state index in [-0.39, 0.29) is 11.1 Å². The molecular formula is C14H13Cl2NO3S. The molecule has 0 atom stereocenters. The molecule has 2 amide bonds. The van der Waals surface area contributed by atoms with Crippen LogP contribution < -0.4 is 0 Å². The number of benzene rings is 1. The van der Waals surface area contributed by atoms with E-state index in [1.165, 1.54) is 4.90 Å². The fourth-order valence-electron chi connectivity index (χ4n) is 1.82. The van der Waals surface area contributed by atoms with Crippen LogP contribution in [0.15, 0.2) is 23.1 Å². The van der Waals surface area contributed by atoms with Gasteiger partial charge in [0.25, 0.3) is 11.1 Å². The molecule has 0 radical (unpaired) electrons. The number of carbonyl (C=O) groups is 2. The van der Waals surface area contributed by atoms with Gasteiger partial charge in [-0.25, -0.2) is 0 Å². The molecule has 0 saturated carbocycles. The van der Waals surface area contributed by atoms with Crippen LogP contribution in [-0.2, 0) is 9.53 Å². The Morgan fingerprint density at radius 3 is 2.76 bits per heavy atom. The molecule has 0 aliphatic carbocycles. The smallest absolute Gasteiger partial charge is 0.293 e. The first-order valence-electron chi connectivity index (χ1n) is 6.22. The summed E-state index contributed by atoms with van der Waals surface area (Å²) in [5.41, 5.74) is 0.656. The molecular weight excluding hydrogens is 333 g/mol. The Balaban J connectivity index is 2.16. The fraction of sp³-hybridized carbons (Fsp3) is 0.286. The normalized spacial score (nSPS) is 17.1. The molecule has 21 heavy (non-hydrogen) atoms. The van der Waals surface area contributed by atoms with Crippen molar-refractivity contribution in [2.45, 2.75) is 6.42 Å². The summed E-state index contributed by atoms with van der Waals surface area (Å²) in [4.78, 5) is 25.6. The van der Waals surface area contributed by atoms with Crippen molar-refractivity contribution in [1.29, 1.82) is 0 Å². The summed E-state index contributed by atoms with van der Waals surface area (Å²) in [5, 5.41) is 0.686. The summed E-state index contributed by atoms with van der Waals surface area (Å²) in [7, 11) is 1.58. The van der Waals surface area contributed by atoms with Crippen molar-refractivity contribution in [2.75, 3.05) is 20.3 Å². The second-order valence-electron chi connectivity index (χ2n) is 4.35. The van der Waals surface area contributed by atoms with E-state index in [4.69, 9.17) is 27.9 Å². The topological polar surface area (TPSA) is 46.6 Å². The number of ether oxygens (including phenoxy) is 1. The number of imide groups is 1. The first kappa shape index (κ1) is 16.4. The molecule has 1 saturated heterocycles. The number of thioether (sulfide) groups is 1. The molecule has 2 rings (SSSR count). The SMILES string of the molecule is COCCCN1C(=O)S/C(=C/c2ccc(Cl)cc2Cl)C1=O. The van der Waals surface area contributed by atoms with E-state index >= 15 is 0 Å². The monoisotopic (exact) mass is 345 g/mol. The summed E-state index contributed by atoms with van der Waals surface area (Å²) in [6.07, 6.45) is 2.23. The van der Waals surface area contributed by atoms with Gasteiger partial charge in [0.05, 0.1) is 4.91 Å². The molecule has 0 spiro atoms. The van der Waals surface area contributed by atoms with Crippen molar-refractivity contribution in [2.24, 2.45) is 0 Å². The van der Waals surface area contributed by atoms with E-state index in [2.05, 4.69) is 0 Å². The average molecular weight is 346 g/mol. The molecule has 112 valence electrons. The van der Waals surface area contributed by atoms with Crippen LogP contribution in [0.2, 0.25) is 10.0 Å². The van der Waals surface area contributed by atoms with Crippen LogP contribution in [0.3, 0.4) is 0 Å². The second-order valence-corrected chi connectivity index (χ2v) is 6.18. The molecule has 1 aliphatic heterocycles. The van der Waals surface area contributed by atoms with Gasteiger partial charge in [-0.05, 0) is 42.0 Å². The van der Waals surface area contributed by atoms with Crippen LogP contribution in [0.5, 0.6) is 0 Å². The minimum atomic E-state index is -0.299. The highest BCUT2D eigenvalue weighted by molar-refractivity contribution is 8.18. The number of halogens is 2. The maximum Gasteiger partial charge on any atom is 0.293 e. The molecule has 1 aromatic carbocycles. The van der Waals surface area contributed by atoms with Crippen LogP contribution >= 0.6 is 35.0 Å². The summed E-state index contributed by atoms with van der Waals surface area (Å²) in [5.74, 6) is -0.299. The zero-order chi connectivity index (χ0) is 15.4. The van der Waals surface area contributed by atoms with E-state index in [0.29, 0.717) is 40.1 Å². The third-order valence-corrected chi connectivity index (χ3v) is 4.32. The first-order valence-corrected chi connectivity index (χ1v) is 7.79. The predicted molar refractivity (Wildman–Crippen MR) is 85.6 cm³/mol. The van der Waals surface area contributed by atoms with Gasteiger partial charge in [0, 0.05) is 30.3 Å². The van der Waals surface area contributed by atoms with Gasteiger partial charge in [-0.2, -0.15) is 0 Å². The van der Waals surface area contributed by atoms with Gasteiger partial charge in [0.15, 0.2) is 0 Å². The zero-order valence-corrected chi connectivity index (χ0v) is 13.6. The van der Waals surface area contributed by atoms with Crippen LogP contribution in [0.25, 0.3) is 6.08 Å². The number of rotatable bonds is 5. The molecule has 1 aromatic rings.